The number of piperidine rings is 1. The molecule has 5 rings (SSSR count). The Balaban J connectivity index is 1.18. The third-order valence-corrected chi connectivity index (χ3v) is 6.32. The average molecular weight is 414 g/mol. The number of likely N-dealkylation sites (tertiary alicyclic amines) is 1. The standard InChI is InChI=1S/C26H27N3O2/c30-24(18-29-23-9-5-7-21-6-4-8-22(25(21)23)26(29)31)27-16-19-10-12-20(13-11-19)17-28-14-2-1-3-15-28/h4-13H,1-3,14-18H2,(H,27,30). The largest absolute Gasteiger partial charge is 0.350 e. The van der Waals surface area contributed by atoms with Crippen molar-refractivity contribution in [2.24, 2.45) is 0 Å². The van der Waals surface area contributed by atoms with E-state index >= 15 is 0 Å². The SMILES string of the molecule is O=C(CN1C(=O)c2cccc3cccc1c23)NCc1ccc(CN2CCCCC2)cc1. The Kier molecular flexibility index (Phi) is 5.43. The van der Waals surface area contributed by atoms with Crippen LogP contribution in [-0.4, -0.2) is 36.3 Å². The Morgan fingerprint density at radius 3 is 2.35 bits per heavy atom. The molecule has 0 unspecified atom stereocenters. The first kappa shape index (κ1) is 19.8. The Morgan fingerprint density at radius 2 is 1.58 bits per heavy atom. The third kappa shape index (κ3) is 4.06. The second-order valence-corrected chi connectivity index (χ2v) is 8.50. The number of hydrogen-bond donors (Lipinski definition) is 1. The molecule has 0 spiro atoms. The maximum absolute atomic E-state index is 12.8. The molecule has 1 N–H and O–H groups in total. The molecule has 2 heterocycles. The van der Waals surface area contributed by atoms with Crippen molar-refractivity contribution >= 4 is 28.3 Å². The lowest BCUT2D eigenvalue weighted by Crippen LogP contribution is -2.38. The zero-order valence-electron chi connectivity index (χ0n) is 17.6. The molecule has 1 fully saturated rings. The van der Waals surface area contributed by atoms with Crippen LogP contribution in [0.2, 0.25) is 0 Å². The van der Waals surface area contributed by atoms with Crippen molar-refractivity contribution in [2.75, 3.05) is 24.5 Å². The summed E-state index contributed by atoms with van der Waals surface area (Å²) in [5, 5.41) is 4.92. The Morgan fingerprint density at radius 1 is 0.871 bits per heavy atom. The first-order valence-corrected chi connectivity index (χ1v) is 11.1. The number of carbonyl (C=O) groups is 2. The van der Waals surface area contributed by atoms with Gasteiger partial charge in [0.05, 0.1) is 5.69 Å². The number of nitrogens with zero attached hydrogens (tertiary/aromatic N) is 2. The molecule has 0 saturated carbocycles. The Bertz CT molecular complexity index is 1110. The number of hydrogen-bond acceptors (Lipinski definition) is 3. The topological polar surface area (TPSA) is 52.7 Å². The van der Waals surface area contributed by atoms with E-state index in [1.165, 1.54) is 37.9 Å². The van der Waals surface area contributed by atoms with Crippen molar-refractivity contribution < 1.29 is 9.59 Å². The van der Waals surface area contributed by atoms with Crippen LogP contribution in [0.25, 0.3) is 10.8 Å². The minimum absolute atomic E-state index is 0.0275. The molecule has 5 heteroatoms. The lowest BCUT2D eigenvalue weighted by molar-refractivity contribution is -0.119. The summed E-state index contributed by atoms with van der Waals surface area (Å²) in [6.07, 6.45) is 3.94. The molecular weight excluding hydrogens is 386 g/mol. The molecule has 2 aliphatic rings. The summed E-state index contributed by atoms with van der Waals surface area (Å²) in [7, 11) is 0. The molecule has 2 aliphatic heterocycles. The highest BCUT2D eigenvalue weighted by atomic mass is 16.2. The number of benzene rings is 3. The van der Waals surface area contributed by atoms with E-state index in [0.29, 0.717) is 12.1 Å². The maximum Gasteiger partial charge on any atom is 0.259 e. The highest BCUT2D eigenvalue weighted by Crippen LogP contribution is 2.36. The van der Waals surface area contributed by atoms with E-state index < -0.39 is 0 Å². The highest BCUT2D eigenvalue weighted by molar-refractivity contribution is 6.26. The lowest BCUT2D eigenvalue weighted by Gasteiger charge is -2.26. The monoisotopic (exact) mass is 413 g/mol. The van der Waals surface area contributed by atoms with Crippen LogP contribution in [-0.2, 0) is 17.9 Å². The van der Waals surface area contributed by atoms with Crippen molar-refractivity contribution in [1.82, 2.24) is 10.2 Å². The zero-order valence-corrected chi connectivity index (χ0v) is 17.6. The summed E-state index contributed by atoms with van der Waals surface area (Å²) < 4.78 is 0. The smallest absolute Gasteiger partial charge is 0.259 e. The van der Waals surface area contributed by atoms with Crippen LogP contribution in [0.3, 0.4) is 0 Å². The third-order valence-electron chi connectivity index (χ3n) is 6.32. The van der Waals surface area contributed by atoms with Gasteiger partial charge in [0.2, 0.25) is 5.91 Å². The minimum atomic E-state index is -0.157. The van der Waals surface area contributed by atoms with Crippen LogP contribution in [0.15, 0.2) is 60.7 Å². The van der Waals surface area contributed by atoms with Crippen LogP contribution < -0.4 is 10.2 Å². The average Bonchev–Trinajstić information content (AvgIpc) is 3.07. The number of rotatable bonds is 6. The molecule has 0 radical (unpaired) electrons. The van der Waals surface area contributed by atoms with Gasteiger partial charge in [0.1, 0.15) is 6.54 Å². The normalized spacial score (nSPS) is 16.1. The molecule has 2 amide bonds. The van der Waals surface area contributed by atoms with Crippen LogP contribution in [0, 0.1) is 0 Å². The van der Waals surface area contributed by atoms with Crippen molar-refractivity contribution in [2.45, 2.75) is 32.4 Å². The summed E-state index contributed by atoms with van der Waals surface area (Å²) in [6.45, 7) is 3.85. The highest BCUT2D eigenvalue weighted by Gasteiger charge is 2.30. The van der Waals surface area contributed by atoms with Crippen molar-refractivity contribution in [3.05, 3.63) is 77.4 Å². The summed E-state index contributed by atoms with van der Waals surface area (Å²) in [5.74, 6) is -0.264. The Labute approximate surface area is 182 Å². The van der Waals surface area contributed by atoms with E-state index in [0.717, 1.165) is 28.6 Å². The summed E-state index contributed by atoms with van der Waals surface area (Å²) in [6, 6.07) is 20.0. The predicted molar refractivity (Wildman–Crippen MR) is 123 cm³/mol. The van der Waals surface area contributed by atoms with Gasteiger partial charge in [-0.2, -0.15) is 0 Å². The Hall–Kier alpha value is -3.18. The fraction of sp³-hybridized carbons (Fsp3) is 0.308. The number of anilines is 1. The molecule has 158 valence electrons. The molecule has 0 bridgehead atoms. The molecule has 3 aromatic rings. The van der Waals surface area contributed by atoms with E-state index in [1.54, 1.807) is 4.90 Å². The van der Waals surface area contributed by atoms with Gasteiger partial charge in [-0.15, -0.1) is 0 Å². The van der Waals surface area contributed by atoms with E-state index in [4.69, 9.17) is 0 Å². The van der Waals surface area contributed by atoms with Crippen molar-refractivity contribution in [1.29, 1.82) is 0 Å². The predicted octanol–water partition coefficient (Wildman–Crippen LogP) is 4.10. The molecule has 0 aromatic heterocycles. The first-order valence-electron chi connectivity index (χ1n) is 11.1. The van der Waals surface area contributed by atoms with Crippen LogP contribution in [0.1, 0.15) is 40.7 Å². The fourth-order valence-electron chi connectivity index (χ4n) is 4.67. The van der Waals surface area contributed by atoms with Gasteiger partial charge in [0.25, 0.3) is 5.91 Å². The van der Waals surface area contributed by atoms with Crippen LogP contribution in [0.4, 0.5) is 5.69 Å². The van der Waals surface area contributed by atoms with Gasteiger partial charge in [-0.1, -0.05) is 55.0 Å². The van der Waals surface area contributed by atoms with Gasteiger partial charge >= 0.3 is 0 Å². The first-order chi connectivity index (χ1) is 15.2. The summed E-state index contributed by atoms with van der Waals surface area (Å²) in [4.78, 5) is 29.5. The molecule has 0 aliphatic carbocycles. The molecule has 31 heavy (non-hydrogen) atoms. The maximum atomic E-state index is 12.8. The van der Waals surface area contributed by atoms with Gasteiger partial charge in [-0.05, 0) is 54.6 Å². The fourth-order valence-corrected chi connectivity index (χ4v) is 4.67. The number of amides is 2. The van der Waals surface area contributed by atoms with Gasteiger partial charge in [0.15, 0.2) is 0 Å². The molecule has 0 atom stereocenters. The van der Waals surface area contributed by atoms with Crippen molar-refractivity contribution in [3.63, 3.8) is 0 Å². The second kappa shape index (κ2) is 8.52. The van der Waals surface area contributed by atoms with E-state index in [2.05, 4.69) is 34.5 Å². The van der Waals surface area contributed by atoms with Gasteiger partial charge in [-0.25, -0.2) is 0 Å². The van der Waals surface area contributed by atoms with Crippen molar-refractivity contribution in [3.8, 4) is 0 Å². The quantitative estimate of drug-likeness (QED) is 0.662. The minimum Gasteiger partial charge on any atom is -0.350 e. The van der Waals surface area contributed by atoms with Crippen LogP contribution in [0.5, 0.6) is 0 Å². The lowest BCUT2D eigenvalue weighted by atomic mass is 10.1. The summed E-state index contributed by atoms with van der Waals surface area (Å²) in [5.41, 5.74) is 3.86. The molecule has 5 nitrogen and oxygen atoms in total. The molecule has 3 aromatic carbocycles. The van der Waals surface area contributed by atoms with E-state index in [1.807, 2.05) is 36.4 Å². The van der Waals surface area contributed by atoms with Crippen LogP contribution >= 0.6 is 0 Å². The molecule has 1 saturated heterocycles. The van der Waals surface area contributed by atoms with E-state index in [9.17, 15) is 9.59 Å². The van der Waals surface area contributed by atoms with Gasteiger partial charge in [-0.3, -0.25) is 19.4 Å². The number of carbonyl (C=O) groups excluding carboxylic acids is 2. The van der Waals surface area contributed by atoms with Gasteiger partial charge in [0, 0.05) is 24.0 Å². The molecular formula is C26H27N3O2. The second-order valence-electron chi connectivity index (χ2n) is 8.50. The van der Waals surface area contributed by atoms with Gasteiger partial charge < -0.3 is 5.32 Å². The van der Waals surface area contributed by atoms with E-state index in [-0.39, 0.29) is 18.4 Å². The number of nitrogens with one attached hydrogen (secondary N) is 1. The summed E-state index contributed by atoms with van der Waals surface area (Å²) >= 11 is 0. The zero-order chi connectivity index (χ0) is 21.2.